The Hall–Kier alpha value is -1.59. The van der Waals surface area contributed by atoms with Crippen LogP contribution in [0.4, 0.5) is 0 Å². The Morgan fingerprint density at radius 1 is 1.08 bits per heavy atom. The number of carbonyl (C=O) groups excluding carboxylic acids is 1. The highest BCUT2D eigenvalue weighted by Gasteiger charge is 2.38. The molecule has 0 saturated carbocycles. The molecule has 4 saturated heterocycles. The number of piperazine rings is 1. The molecule has 0 unspecified atom stereocenters. The van der Waals surface area contributed by atoms with Gasteiger partial charge in [0.1, 0.15) is 5.75 Å². The Bertz CT molecular complexity index is 605. The maximum absolute atomic E-state index is 12.5. The molecule has 1 aromatic rings. The van der Waals surface area contributed by atoms with Gasteiger partial charge in [0.05, 0.1) is 0 Å². The lowest BCUT2D eigenvalue weighted by molar-refractivity contribution is -0.134. The van der Waals surface area contributed by atoms with Crippen molar-refractivity contribution in [3.05, 3.63) is 29.8 Å². The highest BCUT2D eigenvalue weighted by atomic mass is 16.3. The summed E-state index contributed by atoms with van der Waals surface area (Å²) in [5, 5.41) is 9.52. The number of piperidine rings is 3. The number of fused-ring (bicyclic) bond motifs is 3. The Labute approximate surface area is 150 Å². The molecule has 1 amide bonds. The molecular weight excluding hydrogens is 314 g/mol. The van der Waals surface area contributed by atoms with E-state index in [2.05, 4.69) is 9.80 Å². The maximum atomic E-state index is 12.5. The van der Waals surface area contributed by atoms with Crippen LogP contribution in [0.25, 0.3) is 0 Å². The first-order chi connectivity index (χ1) is 12.2. The standard InChI is InChI=1S/C20H29N3O2/c24-18-3-1-2-16(14-18)4-5-20(25)23-12-10-22(11-13-23)19-15-21-8-6-17(19)7-9-21/h1-3,14,17,19,24H,4-13,15H2/t19-/m1/s1. The summed E-state index contributed by atoms with van der Waals surface area (Å²) < 4.78 is 0. The molecule has 0 radical (unpaired) electrons. The molecule has 2 bridgehead atoms. The molecule has 0 aromatic heterocycles. The molecule has 4 heterocycles. The van der Waals surface area contributed by atoms with Gasteiger partial charge in [0, 0.05) is 45.2 Å². The SMILES string of the molecule is O=C(CCc1cccc(O)c1)N1CCN([C@@H]2CN3CCC2CC3)CC1. The number of phenolic OH excluding ortho intramolecular Hbond substituents is 1. The van der Waals surface area contributed by atoms with Gasteiger partial charge in [0.25, 0.3) is 0 Å². The number of aromatic hydroxyl groups is 1. The van der Waals surface area contributed by atoms with Gasteiger partial charge in [-0.25, -0.2) is 0 Å². The summed E-state index contributed by atoms with van der Waals surface area (Å²) in [6.45, 7) is 7.57. The second-order valence-electron chi connectivity index (χ2n) is 7.79. The van der Waals surface area contributed by atoms with E-state index in [9.17, 15) is 9.90 Å². The van der Waals surface area contributed by atoms with Crippen LogP contribution < -0.4 is 0 Å². The largest absolute Gasteiger partial charge is 0.508 e. The summed E-state index contributed by atoms with van der Waals surface area (Å²) in [5.74, 6) is 1.39. The monoisotopic (exact) mass is 343 g/mol. The van der Waals surface area contributed by atoms with Gasteiger partial charge in [0.2, 0.25) is 5.91 Å². The summed E-state index contributed by atoms with van der Waals surface area (Å²) in [6, 6.07) is 7.94. The highest BCUT2D eigenvalue weighted by Crippen LogP contribution is 2.31. The van der Waals surface area contributed by atoms with Crippen LogP contribution in [0.15, 0.2) is 24.3 Å². The molecule has 25 heavy (non-hydrogen) atoms. The van der Waals surface area contributed by atoms with Gasteiger partial charge in [-0.05, 0) is 56.0 Å². The van der Waals surface area contributed by atoms with Gasteiger partial charge >= 0.3 is 0 Å². The van der Waals surface area contributed by atoms with Gasteiger partial charge in [-0.3, -0.25) is 9.69 Å². The molecule has 1 atom stereocenters. The molecule has 0 spiro atoms. The number of carbonyl (C=O) groups is 1. The Morgan fingerprint density at radius 3 is 2.48 bits per heavy atom. The lowest BCUT2D eigenvalue weighted by Gasteiger charge is -2.51. The van der Waals surface area contributed by atoms with Crippen LogP contribution in [0.5, 0.6) is 5.75 Å². The molecule has 1 N–H and O–H groups in total. The molecule has 4 aliphatic rings. The second-order valence-corrected chi connectivity index (χ2v) is 7.79. The molecule has 136 valence electrons. The average Bonchev–Trinajstić information content (AvgIpc) is 2.67. The lowest BCUT2D eigenvalue weighted by atomic mass is 9.83. The van der Waals surface area contributed by atoms with Crippen molar-refractivity contribution in [3.63, 3.8) is 0 Å². The predicted octanol–water partition coefficient (Wildman–Crippen LogP) is 1.56. The van der Waals surface area contributed by atoms with Crippen molar-refractivity contribution in [2.24, 2.45) is 5.92 Å². The fourth-order valence-electron chi connectivity index (χ4n) is 4.77. The zero-order valence-electron chi connectivity index (χ0n) is 14.9. The van der Waals surface area contributed by atoms with Crippen molar-refractivity contribution in [1.29, 1.82) is 0 Å². The summed E-state index contributed by atoms with van der Waals surface area (Å²) >= 11 is 0. The molecule has 5 heteroatoms. The predicted molar refractivity (Wildman–Crippen MR) is 97.5 cm³/mol. The van der Waals surface area contributed by atoms with E-state index in [0.717, 1.165) is 37.7 Å². The van der Waals surface area contributed by atoms with E-state index in [1.807, 2.05) is 17.0 Å². The zero-order valence-corrected chi connectivity index (χ0v) is 14.9. The van der Waals surface area contributed by atoms with Crippen LogP contribution in [-0.4, -0.2) is 77.6 Å². The van der Waals surface area contributed by atoms with Crippen molar-refractivity contribution in [3.8, 4) is 5.75 Å². The third kappa shape index (κ3) is 3.82. The minimum absolute atomic E-state index is 0.247. The normalized spacial score (nSPS) is 29.8. The third-order valence-corrected chi connectivity index (χ3v) is 6.30. The second kappa shape index (κ2) is 7.34. The smallest absolute Gasteiger partial charge is 0.222 e. The fourth-order valence-corrected chi connectivity index (χ4v) is 4.77. The van der Waals surface area contributed by atoms with E-state index in [1.54, 1.807) is 12.1 Å². The van der Waals surface area contributed by atoms with Gasteiger partial charge in [0.15, 0.2) is 0 Å². The summed E-state index contributed by atoms with van der Waals surface area (Å²) in [4.78, 5) is 19.8. The fraction of sp³-hybridized carbons (Fsp3) is 0.650. The van der Waals surface area contributed by atoms with E-state index in [-0.39, 0.29) is 11.7 Å². The van der Waals surface area contributed by atoms with Crippen LogP contribution in [0, 0.1) is 5.92 Å². The maximum Gasteiger partial charge on any atom is 0.222 e. The summed E-state index contributed by atoms with van der Waals surface area (Å²) in [7, 11) is 0. The number of hydrogen-bond donors (Lipinski definition) is 1. The van der Waals surface area contributed by atoms with Crippen molar-refractivity contribution in [1.82, 2.24) is 14.7 Å². The van der Waals surface area contributed by atoms with E-state index < -0.39 is 0 Å². The van der Waals surface area contributed by atoms with Crippen LogP contribution in [0.1, 0.15) is 24.8 Å². The van der Waals surface area contributed by atoms with E-state index in [0.29, 0.717) is 18.9 Å². The molecule has 4 fully saturated rings. The number of benzene rings is 1. The summed E-state index contributed by atoms with van der Waals surface area (Å²) in [6.07, 6.45) is 3.94. The van der Waals surface area contributed by atoms with Gasteiger partial charge < -0.3 is 14.9 Å². The van der Waals surface area contributed by atoms with E-state index >= 15 is 0 Å². The first-order valence-electron chi connectivity index (χ1n) is 9.71. The Morgan fingerprint density at radius 2 is 1.84 bits per heavy atom. The number of hydrogen-bond acceptors (Lipinski definition) is 4. The third-order valence-electron chi connectivity index (χ3n) is 6.30. The number of nitrogens with zero attached hydrogens (tertiary/aromatic N) is 3. The van der Waals surface area contributed by atoms with Crippen molar-refractivity contribution in [2.75, 3.05) is 45.8 Å². The van der Waals surface area contributed by atoms with Crippen molar-refractivity contribution >= 4 is 5.91 Å². The van der Waals surface area contributed by atoms with Gasteiger partial charge in [-0.1, -0.05) is 12.1 Å². The number of aryl methyl sites for hydroxylation is 1. The van der Waals surface area contributed by atoms with Crippen LogP contribution in [0.2, 0.25) is 0 Å². The first kappa shape index (κ1) is 16.9. The first-order valence-corrected chi connectivity index (χ1v) is 9.71. The van der Waals surface area contributed by atoms with Crippen LogP contribution >= 0.6 is 0 Å². The topological polar surface area (TPSA) is 47.0 Å². The number of phenols is 1. The zero-order chi connectivity index (χ0) is 17.2. The van der Waals surface area contributed by atoms with Gasteiger partial charge in [-0.15, -0.1) is 0 Å². The number of rotatable bonds is 4. The molecule has 5 rings (SSSR count). The minimum Gasteiger partial charge on any atom is -0.508 e. The Kier molecular flexibility index (Phi) is 4.95. The van der Waals surface area contributed by atoms with Crippen LogP contribution in [0.3, 0.4) is 0 Å². The Balaban J connectivity index is 1.25. The molecule has 1 aromatic carbocycles. The molecule has 4 aliphatic heterocycles. The average molecular weight is 343 g/mol. The van der Waals surface area contributed by atoms with Crippen LogP contribution in [-0.2, 0) is 11.2 Å². The summed E-state index contributed by atoms with van der Waals surface area (Å²) in [5.41, 5.74) is 1.03. The quantitative estimate of drug-likeness (QED) is 0.901. The van der Waals surface area contributed by atoms with E-state index in [4.69, 9.17) is 0 Å². The lowest BCUT2D eigenvalue weighted by Crippen LogP contribution is -2.61. The van der Waals surface area contributed by atoms with Crippen molar-refractivity contribution < 1.29 is 9.90 Å². The van der Waals surface area contributed by atoms with E-state index in [1.165, 1.54) is 32.5 Å². The van der Waals surface area contributed by atoms with Crippen molar-refractivity contribution in [2.45, 2.75) is 31.7 Å². The minimum atomic E-state index is 0.247. The molecule has 0 aliphatic carbocycles. The number of amides is 1. The molecule has 5 nitrogen and oxygen atoms in total. The highest BCUT2D eigenvalue weighted by molar-refractivity contribution is 5.76. The van der Waals surface area contributed by atoms with Gasteiger partial charge in [-0.2, -0.15) is 0 Å². The molecular formula is C20H29N3O2.